The van der Waals surface area contributed by atoms with Crippen LogP contribution in [-0.2, 0) is 30.7 Å². The maximum Gasteiger partial charge on any atom is 0.380 e. The number of nitrogens with one attached hydrogen (secondary N) is 2. The highest BCUT2D eigenvalue weighted by molar-refractivity contribution is 6.04. The summed E-state index contributed by atoms with van der Waals surface area (Å²) in [5, 5.41) is 5.27. The monoisotopic (exact) mass is 715 g/mol. The quantitative estimate of drug-likeness (QED) is 0.161. The molecule has 4 aromatic rings. The highest BCUT2D eigenvalue weighted by Gasteiger charge is 2.32. The predicted molar refractivity (Wildman–Crippen MR) is 185 cm³/mol. The number of rotatable bonds is 12. The van der Waals surface area contributed by atoms with Crippen molar-refractivity contribution in [3.05, 3.63) is 59.7 Å². The van der Waals surface area contributed by atoms with E-state index >= 15 is 0 Å². The molecule has 1 fully saturated rings. The molecule has 2 N–H and O–H groups in total. The lowest BCUT2D eigenvalue weighted by atomic mass is 10.1. The molecular formula is C34H37N9O9. The van der Waals surface area contributed by atoms with E-state index in [4.69, 9.17) is 18.9 Å². The predicted octanol–water partition coefficient (Wildman–Crippen LogP) is 2.88. The van der Waals surface area contributed by atoms with Gasteiger partial charge in [-0.3, -0.25) is 19.4 Å². The van der Waals surface area contributed by atoms with E-state index in [1.54, 1.807) is 39.5 Å². The van der Waals surface area contributed by atoms with E-state index in [1.165, 1.54) is 52.6 Å². The maximum absolute atomic E-state index is 13.1. The first-order valence-electron chi connectivity index (χ1n) is 16.3. The van der Waals surface area contributed by atoms with Gasteiger partial charge in [0.15, 0.2) is 23.1 Å². The van der Waals surface area contributed by atoms with Gasteiger partial charge >= 0.3 is 11.9 Å². The van der Waals surface area contributed by atoms with Crippen molar-refractivity contribution in [2.24, 2.45) is 26.1 Å². The Kier molecular flexibility index (Phi) is 10.1. The number of hydrogen-bond acceptors (Lipinski definition) is 12. The number of esters is 2. The lowest BCUT2D eigenvalue weighted by Gasteiger charge is -2.20. The fourth-order valence-corrected chi connectivity index (χ4v) is 5.92. The van der Waals surface area contributed by atoms with E-state index in [9.17, 15) is 24.0 Å². The van der Waals surface area contributed by atoms with Gasteiger partial charge in [0.1, 0.15) is 11.4 Å². The molecule has 52 heavy (non-hydrogen) atoms. The number of imidazole rings is 2. The lowest BCUT2D eigenvalue weighted by Crippen LogP contribution is -2.35. The van der Waals surface area contributed by atoms with E-state index in [0.29, 0.717) is 35.7 Å². The third-order valence-electron chi connectivity index (χ3n) is 8.50. The fourth-order valence-electron chi connectivity index (χ4n) is 5.92. The second-order valence-corrected chi connectivity index (χ2v) is 12.1. The van der Waals surface area contributed by atoms with Gasteiger partial charge in [-0.25, -0.2) is 19.6 Å². The third-order valence-corrected chi connectivity index (χ3v) is 8.50. The molecule has 2 aliphatic rings. The Labute approximate surface area is 297 Å². The fraction of sp³-hybridized carbons (Fsp3) is 0.353. The van der Waals surface area contributed by atoms with Gasteiger partial charge in [0.05, 0.1) is 38.1 Å². The summed E-state index contributed by atoms with van der Waals surface area (Å²) < 4.78 is 25.7. The van der Waals surface area contributed by atoms with Crippen LogP contribution in [0.4, 0.5) is 17.3 Å². The molecule has 18 heteroatoms. The number of ether oxygens (including phenoxy) is 4. The summed E-state index contributed by atoms with van der Waals surface area (Å²) in [5.74, 6) is -1.48. The Morgan fingerprint density at radius 1 is 0.885 bits per heavy atom. The minimum Gasteiger partial charge on any atom is -0.493 e. The molecule has 0 bridgehead atoms. The molecule has 5 heterocycles. The zero-order chi connectivity index (χ0) is 37.1. The first kappa shape index (κ1) is 35.4. The van der Waals surface area contributed by atoms with Crippen LogP contribution in [0.25, 0.3) is 0 Å². The van der Waals surface area contributed by atoms with Gasteiger partial charge in [0, 0.05) is 71.0 Å². The van der Waals surface area contributed by atoms with E-state index in [-0.39, 0.29) is 65.6 Å². The number of anilines is 2. The molecule has 0 saturated carbocycles. The van der Waals surface area contributed by atoms with Crippen LogP contribution in [-0.4, -0.2) is 97.9 Å². The molecule has 3 amide bonds. The Bertz CT molecular complexity index is 2090. The molecule has 1 aromatic carbocycles. The van der Waals surface area contributed by atoms with Crippen molar-refractivity contribution in [3.63, 3.8) is 0 Å². The summed E-state index contributed by atoms with van der Waals surface area (Å²) in [7, 11) is 7.47. The van der Waals surface area contributed by atoms with Gasteiger partial charge in [-0.15, -0.1) is 0 Å². The number of fused-ring (bicyclic) bond motifs is 2. The number of methoxy groups -OCH3 is 2. The minimum atomic E-state index is -0.819. The molecule has 0 unspecified atom stereocenters. The molecule has 272 valence electrons. The van der Waals surface area contributed by atoms with Crippen LogP contribution in [0.5, 0.6) is 17.2 Å². The van der Waals surface area contributed by atoms with Crippen molar-refractivity contribution in [1.82, 2.24) is 28.6 Å². The highest BCUT2D eigenvalue weighted by Crippen LogP contribution is 2.38. The Morgan fingerprint density at radius 3 is 2.37 bits per heavy atom. The van der Waals surface area contributed by atoms with Crippen LogP contribution in [0.2, 0.25) is 0 Å². The summed E-state index contributed by atoms with van der Waals surface area (Å²) in [6, 6.07) is 4.66. The average molecular weight is 716 g/mol. The van der Waals surface area contributed by atoms with E-state index < -0.39 is 17.8 Å². The van der Waals surface area contributed by atoms with Crippen molar-refractivity contribution in [2.75, 3.05) is 38.0 Å². The van der Waals surface area contributed by atoms with Gasteiger partial charge in [0.25, 0.3) is 11.8 Å². The number of benzene rings is 1. The molecule has 0 spiro atoms. The SMILES string of the molecule is COC(=O)c1cc(OC(=O)c2nc(NC(=O)c3nc(NC(=O)CCCOc4cc5c(cc4OC)C(=O)N4CCC[C@H]4C=N5)cn3C)cn2C)cn1C. The van der Waals surface area contributed by atoms with E-state index in [0.717, 1.165) is 12.8 Å². The number of hydrogen-bond donors (Lipinski definition) is 2. The molecule has 0 aliphatic carbocycles. The largest absolute Gasteiger partial charge is 0.493 e. The number of nitrogens with zero attached hydrogens (tertiary/aromatic N) is 7. The maximum atomic E-state index is 13.1. The summed E-state index contributed by atoms with van der Waals surface area (Å²) in [6.45, 7) is 0.875. The second-order valence-electron chi connectivity index (χ2n) is 12.1. The summed E-state index contributed by atoms with van der Waals surface area (Å²) in [4.78, 5) is 78.2. The van der Waals surface area contributed by atoms with Gasteiger partial charge in [0.2, 0.25) is 17.6 Å². The Morgan fingerprint density at radius 2 is 1.62 bits per heavy atom. The third kappa shape index (κ3) is 7.35. The normalized spacial score (nSPS) is 14.7. The average Bonchev–Trinajstić information content (AvgIpc) is 3.90. The number of aromatic nitrogens is 5. The lowest BCUT2D eigenvalue weighted by molar-refractivity contribution is -0.116. The van der Waals surface area contributed by atoms with Gasteiger partial charge in [-0.05, 0) is 25.3 Å². The van der Waals surface area contributed by atoms with Crippen molar-refractivity contribution in [1.29, 1.82) is 0 Å². The van der Waals surface area contributed by atoms with E-state index in [1.807, 2.05) is 4.90 Å². The Hall–Kier alpha value is -6.46. The van der Waals surface area contributed by atoms with Crippen LogP contribution in [0, 0.1) is 0 Å². The molecule has 1 saturated heterocycles. The van der Waals surface area contributed by atoms with Crippen LogP contribution in [0.15, 0.2) is 41.8 Å². The van der Waals surface area contributed by atoms with Crippen molar-refractivity contribution >= 4 is 53.2 Å². The van der Waals surface area contributed by atoms with Crippen LogP contribution in [0.3, 0.4) is 0 Å². The molecule has 0 radical (unpaired) electrons. The molecule has 1 atom stereocenters. The molecule has 18 nitrogen and oxygen atoms in total. The van der Waals surface area contributed by atoms with Gasteiger partial charge < -0.3 is 48.2 Å². The van der Waals surface area contributed by atoms with Crippen LogP contribution >= 0.6 is 0 Å². The van der Waals surface area contributed by atoms with Crippen LogP contribution < -0.4 is 24.8 Å². The number of aliphatic imine (C=N–C) groups is 1. The molecule has 6 rings (SSSR count). The second kappa shape index (κ2) is 14.8. The summed E-state index contributed by atoms with van der Waals surface area (Å²) in [5.41, 5.74) is 1.15. The molecule has 2 aliphatic heterocycles. The van der Waals surface area contributed by atoms with Crippen LogP contribution in [0.1, 0.15) is 67.8 Å². The van der Waals surface area contributed by atoms with E-state index in [2.05, 4.69) is 25.6 Å². The van der Waals surface area contributed by atoms with Crippen molar-refractivity contribution < 1.29 is 42.9 Å². The summed E-state index contributed by atoms with van der Waals surface area (Å²) >= 11 is 0. The number of amides is 3. The standard InChI is InChI=1S/C34H37N9O9/c1-40-16-20(12-23(40)33(47)50-5)52-34(48)30-38-27(18-42(30)3)39-31(45)29-37-26(17-41(29)2)36-28(44)9-7-11-51-25-14-22-21(13-24(25)49-4)32(46)43-10-6-8-19(43)15-35-22/h12-19H,6-11H2,1-5H3,(H,36,44)(H,39,45)/t19-/m0/s1. The zero-order valence-electron chi connectivity index (χ0n) is 29.2. The first-order chi connectivity index (χ1) is 24.9. The topological polar surface area (TPSA) is 202 Å². The number of aryl methyl sites for hydroxylation is 3. The molecule has 3 aromatic heterocycles. The first-order valence-corrected chi connectivity index (χ1v) is 16.3. The molecular weight excluding hydrogens is 678 g/mol. The Balaban J connectivity index is 1.00. The minimum absolute atomic E-state index is 0.0159. The number of carbonyl (C=O) groups is 5. The van der Waals surface area contributed by atoms with Crippen molar-refractivity contribution in [3.8, 4) is 17.2 Å². The smallest absolute Gasteiger partial charge is 0.380 e. The highest BCUT2D eigenvalue weighted by atomic mass is 16.5. The van der Waals surface area contributed by atoms with Crippen molar-refractivity contribution in [2.45, 2.75) is 31.7 Å². The van der Waals surface area contributed by atoms with Gasteiger partial charge in [-0.2, -0.15) is 0 Å². The van der Waals surface area contributed by atoms with Gasteiger partial charge in [-0.1, -0.05) is 0 Å². The zero-order valence-corrected chi connectivity index (χ0v) is 29.2. The number of carbonyl (C=O) groups excluding carboxylic acids is 5. The summed E-state index contributed by atoms with van der Waals surface area (Å²) in [6.07, 6.45) is 8.42.